The maximum atomic E-state index is 6.46. The Balaban J connectivity index is 1.06. The van der Waals surface area contributed by atoms with Crippen LogP contribution in [0.5, 0.6) is 0 Å². The molecule has 5 heteroatoms. The van der Waals surface area contributed by atoms with Gasteiger partial charge < -0.3 is 8.83 Å². The van der Waals surface area contributed by atoms with Gasteiger partial charge in [0.25, 0.3) is 0 Å². The second-order valence-electron chi connectivity index (χ2n) is 13.5. The third kappa shape index (κ3) is 4.53. The molecule has 10 aromatic rings. The number of benzene rings is 7. The summed E-state index contributed by atoms with van der Waals surface area (Å²) in [6.45, 7) is 0. The molecule has 1 aliphatic carbocycles. The smallest absolute Gasteiger partial charge is 0.167 e. The molecule has 52 heavy (non-hydrogen) atoms. The normalized spacial score (nSPS) is 14.7. The van der Waals surface area contributed by atoms with Crippen LogP contribution in [-0.4, -0.2) is 15.0 Å². The van der Waals surface area contributed by atoms with E-state index in [1.54, 1.807) is 0 Å². The predicted molar refractivity (Wildman–Crippen MR) is 211 cm³/mol. The second-order valence-corrected chi connectivity index (χ2v) is 13.5. The van der Waals surface area contributed by atoms with Crippen LogP contribution < -0.4 is 0 Å². The molecule has 1 atom stereocenters. The minimum atomic E-state index is 0.187. The van der Waals surface area contributed by atoms with E-state index >= 15 is 0 Å². The molecule has 1 unspecified atom stereocenters. The maximum absolute atomic E-state index is 6.46. The van der Waals surface area contributed by atoms with E-state index in [-0.39, 0.29) is 5.92 Å². The van der Waals surface area contributed by atoms with Gasteiger partial charge in [-0.05, 0) is 63.9 Å². The fourth-order valence-corrected chi connectivity index (χ4v) is 7.95. The first-order valence-corrected chi connectivity index (χ1v) is 17.6. The first kappa shape index (κ1) is 28.9. The van der Waals surface area contributed by atoms with Crippen molar-refractivity contribution in [1.82, 2.24) is 15.0 Å². The van der Waals surface area contributed by atoms with Crippen molar-refractivity contribution >= 4 is 71.0 Å². The van der Waals surface area contributed by atoms with Crippen LogP contribution in [0.4, 0.5) is 0 Å². The largest absolute Gasteiger partial charge is 0.456 e. The molecule has 0 bridgehead atoms. The minimum Gasteiger partial charge on any atom is -0.456 e. The van der Waals surface area contributed by atoms with E-state index in [9.17, 15) is 0 Å². The Hall–Kier alpha value is -6.85. The molecular formula is C47H29N3O2. The van der Waals surface area contributed by atoms with Crippen molar-refractivity contribution in [2.24, 2.45) is 0 Å². The molecule has 1 aliphatic rings. The van der Waals surface area contributed by atoms with E-state index in [1.165, 1.54) is 32.5 Å². The van der Waals surface area contributed by atoms with Gasteiger partial charge in [0.15, 0.2) is 17.5 Å². The molecule has 0 radical (unpaired) electrons. The first-order valence-electron chi connectivity index (χ1n) is 17.6. The highest BCUT2D eigenvalue weighted by Crippen LogP contribution is 2.40. The fraction of sp³-hybridized carbons (Fsp3) is 0.0426. The van der Waals surface area contributed by atoms with Crippen LogP contribution in [0, 0.1) is 0 Å². The standard InChI is InChI=1S/C47H29N3O2/c1-2-10-33-28(9-1)19-20-30-23-26-32(27-39(30)33)46-48-45(49-47(50-46)38-15-7-14-36-35-11-3-5-16-40(35)52-44(36)38)31-24-21-29(22-25-31)34-13-8-18-42-43(34)37-12-4-6-17-41(37)51-42/h1-21,23-27,29H,22H2. The van der Waals surface area contributed by atoms with Gasteiger partial charge in [-0.2, -0.15) is 0 Å². The van der Waals surface area contributed by atoms with E-state index in [0.29, 0.717) is 17.5 Å². The van der Waals surface area contributed by atoms with Gasteiger partial charge in [-0.15, -0.1) is 0 Å². The number of hydrogen-bond donors (Lipinski definition) is 0. The Morgan fingerprint density at radius 1 is 0.500 bits per heavy atom. The van der Waals surface area contributed by atoms with Crippen LogP contribution in [0.15, 0.2) is 167 Å². The van der Waals surface area contributed by atoms with Crippen LogP contribution in [0.1, 0.15) is 23.7 Å². The summed E-state index contributed by atoms with van der Waals surface area (Å²) in [5.74, 6) is 2.02. The molecule has 0 spiro atoms. The van der Waals surface area contributed by atoms with Crippen LogP contribution in [0.25, 0.3) is 93.8 Å². The van der Waals surface area contributed by atoms with E-state index in [1.807, 2.05) is 36.4 Å². The van der Waals surface area contributed by atoms with Crippen molar-refractivity contribution in [3.8, 4) is 22.8 Å². The predicted octanol–water partition coefficient (Wildman–Crippen LogP) is 12.4. The zero-order valence-corrected chi connectivity index (χ0v) is 28.0. The van der Waals surface area contributed by atoms with Crippen LogP contribution >= 0.6 is 0 Å². The second kappa shape index (κ2) is 11.3. The lowest BCUT2D eigenvalue weighted by atomic mass is 9.87. The average Bonchev–Trinajstić information content (AvgIpc) is 3.79. The third-order valence-corrected chi connectivity index (χ3v) is 10.5. The molecule has 0 amide bonds. The van der Waals surface area contributed by atoms with Gasteiger partial charge >= 0.3 is 0 Å². The summed E-state index contributed by atoms with van der Waals surface area (Å²) in [6, 6.07) is 48.3. The lowest BCUT2D eigenvalue weighted by molar-refractivity contribution is 0.668. The molecule has 0 N–H and O–H groups in total. The quantitative estimate of drug-likeness (QED) is 0.175. The van der Waals surface area contributed by atoms with Crippen molar-refractivity contribution in [2.45, 2.75) is 12.3 Å². The highest BCUT2D eigenvalue weighted by molar-refractivity contribution is 6.10. The molecule has 3 heterocycles. The Kier molecular flexibility index (Phi) is 6.31. The van der Waals surface area contributed by atoms with Crippen LogP contribution in [0.3, 0.4) is 0 Å². The molecule has 0 saturated carbocycles. The van der Waals surface area contributed by atoms with Crippen LogP contribution in [-0.2, 0) is 0 Å². The third-order valence-electron chi connectivity index (χ3n) is 10.5. The van der Waals surface area contributed by atoms with Gasteiger partial charge in [0.05, 0.1) is 5.56 Å². The van der Waals surface area contributed by atoms with Crippen molar-refractivity contribution in [2.75, 3.05) is 0 Å². The van der Waals surface area contributed by atoms with Gasteiger partial charge in [0.1, 0.15) is 22.3 Å². The first-order chi connectivity index (χ1) is 25.7. The van der Waals surface area contributed by atoms with Crippen molar-refractivity contribution in [3.63, 3.8) is 0 Å². The summed E-state index contributed by atoms with van der Waals surface area (Å²) in [5.41, 5.74) is 7.42. The van der Waals surface area contributed by atoms with Crippen LogP contribution in [0.2, 0.25) is 0 Å². The summed E-state index contributed by atoms with van der Waals surface area (Å²) in [4.78, 5) is 15.5. The number of fused-ring (bicyclic) bond motifs is 9. The van der Waals surface area contributed by atoms with E-state index in [4.69, 9.17) is 23.8 Å². The number of hydrogen-bond acceptors (Lipinski definition) is 5. The summed E-state index contributed by atoms with van der Waals surface area (Å²) < 4.78 is 12.7. The number of rotatable bonds is 4. The van der Waals surface area contributed by atoms with Gasteiger partial charge in [-0.25, -0.2) is 15.0 Å². The molecule has 7 aromatic carbocycles. The molecule has 11 rings (SSSR count). The lowest BCUT2D eigenvalue weighted by Crippen LogP contribution is -2.05. The molecule has 3 aromatic heterocycles. The molecule has 0 saturated heterocycles. The SMILES string of the molecule is C1=CC(c2cccc3oc4ccccc4c23)CC=C1c1nc(-c2ccc3ccc4ccccc4c3c2)nc(-c2cccc3c2oc2ccccc23)n1. The summed E-state index contributed by atoms with van der Waals surface area (Å²) >= 11 is 0. The van der Waals surface area contributed by atoms with Gasteiger partial charge in [0, 0.05) is 38.6 Å². The molecule has 0 fully saturated rings. The van der Waals surface area contributed by atoms with E-state index in [0.717, 1.165) is 61.6 Å². The molecule has 5 nitrogen and oxygen atoms in total. The zero-order chi connectivity index (χ0) is 34.2. The van der Waals surface area contributed by atoms with Gasteiger partial charge in [-0.1, -0.05) is 127 Å². The number of furan rings is 2. The highest BCUT2D eigenvalue weighted by Gasteiger charge is 2.22. The summed E-state index contributed by atoms with van der Waals surface area (Å²) in [6.07, 6.45) is 7.50. The fourth-order valence-electron chi connectivity index (χ4n) is 7.95. The Labute approximate surface area is 298 Å². The van der Waals surface area contributed by atoms with Gasteiger partial charge in [0.2, 0.25) is 0 Å². The Morgan fingerprint density at radius 2 is 1.17 bits per heavy atom. The van der Waals surface area contributed by atoms with E-state index in [2.05, 4.69) is 121 Å². The number of aromatic nitrogens is 3. The minimum absolute atomic E-state index is 0.187. The number of allylic oxidation sites excluding steroid dienone is 4. The topological polar surface area (TPSA) is 65.0 Å². The Morgan fingerprint density at radius 3 is 2.04 bits per heavy atom. The number of nitrogens with zero attached hydrogens (tertiary/aromatic N) is 3. The average molecular weight is 668 g/mol. The number of para-hydroxylation sites is 3. The molecule has 244 valence electrons. The van der Waals surface area contributed by atoms with Crippen molar-refractivity contribution in [1.29, 1.82) is 0 Å². The maximum Gasteiger partial charge on any atom is 0.167 e. The Bertz CT molecular complexity index is 3130. The van der Waals surface area contributed by atoms with Crippen molar-refractivity contribution < 1.29 is 8.83 Å². The summed E-state index contributed by atoms with van der Waals surface area (Å²) in [5, 5.41) is 9.17. The lowest BCUT2D eigenvalue weighted by Gasteiger charge is -2.18. The summed E-state index contributed by atoms with van der Waals surface area (Å²) in [7, 11) is 0. The van der Waals surface area contributed by atoms with E-state index < -0.39 is 0 Å². The highest BCUT2D eigenvalue weighted by atomic mass is 16.3. The molecular weight excluding hydrogens is 639 g/mol. The van der Waals surface area contributed by atoms with Gasteiger partial charge in [-0.3, -0.25) is 0 Å². The monoisotopic (exact) mass is 667 g/mol. The zero-order valence-electron chi connectivity index (χ0n) is 28.0. The van der Waals surface area contributed by atoms with Crippen molar-refractivity contribution in [3.05, 3.63) is 169 Å². The molecule has 0 aliphatic heterocycles.